The normalized spacial score (nSPS) is 11.5. The minimum absolute atomic E-state index is 0.0450. The predicted molar refractivity (Wildman–Crippen MR) is 177 cm³/mol. The number of rotatable bonds is 34. The number of unbranched alkanes of at least 4 members (excludes halogenated alkanes) is 3. The Hall–Kier alpha value is -2.06. The third kappa shape index (κ3) is 20.9. The zero-order valence-electron chi connectivity index (χ0n) is 28.5. The number of amides is 1. The molecule has 1 aromatic carbocycles. The third-order valence-corrected chi connectivity index (χ3v) is 7.37. The lowest BCUT2D eigenvalue weighted by atomic mass is 9.92. The Labute approximate surface area is 275 Å². The molecule has 2 N–H and O–H groups in total. The van der Waals surface area contributed by atoms with Gasteiger partial charge in [0.15, 0.2) is 5.78 Å². The lowest BCUT2D eigenvalue weighted by molar-refractivity contribution is -0.133. The van der Waals surface area contributed by atoms with Crippen molar-refractivity contribution in [1.29, 1.82) is 0 Å². The predicted octanol–water partition coefficient (Wildman–Crippen LogP) is 2.37. The van der Waals surface area contributed by atoms with Crippen LogP contribution in [-0.2, 0) is 50.9 Å². The van der Waals surface area contributed by atoms with Gasteiger partial charge in [-0.25, -0.2) is 0 Å². The lowest BCUT2D eigenvalue weighted by Crippen LogP contribution is -2.39. The van der Waals surface area contributed by atoms with Crippen molar-refractivity contribution in [2.45, 2.75) is 84.5 Å². The molecule has 0 aliphatic heterocycles. The molecule has 0 unspecified atom stereocenters. The van der Waals surface area contributed by atoms with Crippen LogP contribution in [-0.4, -0.2) is 116 Å². The van der Waals surface area contributed by atoms with E-state index in [0.29, 0.717) is 112 Å². The van der Waals surface area contributed by atoms with Crippen LogP contribution >= 0.6 is 0 Å². The summed E-state index contributed by atoms with van der Waals surface area (Å²) in [4.78, 5) is 49.4. The summed E-state index contributed by atoms with van der Waals surface area (Å²) in [6.07, 6.45) is 8.39. The number of hydrogen-bond acceptors (Lipinski definition) is 11. The van der Waals surface area contributed by atoms with E-state index >= 15 is 0 Å². The molecular weight excluding hydrogens is 596 g/mol. The summed E-state index contributed by atoms with van der Waals surface area (Å²) >= 11 is 0. The van der Waals surface area contributed by atoms with Crippen LogP contribution in [0.2, 0.25) is 0 Å². The second-order valence-corrected chi connectivity index (χ2v) is 11.3. The van der Waals surface area contributed by atoms with E-state index in [1.807, 2.05) is 0 Å². The number of hydrogen-bond donors (Lipinski definition) is 1. The molecule has 0 saturated carbocycles. The van der Waals surface area contributed by atoms with Gasteiger partial charge in [-0.3, -0.25) is 19.2 Å². The van der Waals surface area contributed by atoms with Gasteiger partial charge in [0.1, 0.15) is 0 Å². The highest BCUT2D eigenvalue weighted by atomic mass is 16.5. The maximum absolute atomic E-state index is 12.3. The largest absolute Gasteiger partial charge is 0.379 e. The van der Waals surface area contributed by atoms with Crippen molar-refractivity contribution in [3.8, 4) is 0 Å². The molecule has 0 spiro atoms. The van der Waals surface area contributed by atoms with Crippen LogP contribution in [0.1, 0.15) is 82.8 Å². The minimum Gasteiger partial charge on any atom is -0.379 e. The molecule has 12 heteroatoms. The number of carbonyl (C=O) groups excluding carboxylic acids is 2. The Morgan fingerprint density at radius 1 is 0.587 bits per heavy atom. The summed E-state index contributed by atoms with van der Waals surface area (Å²) in [6, 6.07) is 0. The van der Waals surface area contributed by atoms with Gasteiger partial charge in [-0.15, -0.1) is 0 Å². The topological polar surface area (TPSA) is 153 Å². The van der Waals surface area contributed by atoms with E-state index in [-0.39, 0.29) is 29.1 Å². The molecular formula is C34H60N2O10. The second kappa shape index (κ2) is 29.1. The lowest BCUT2D eigenvalue weighted by Gasteiger charge is -2.20. The number of ketones is 1. The molecule has 0 saturated heterocycles. The molecule has 1 rings (SSSR count). The first-order valence-electron chi connectivity index (χ1n) is 17.2. The maximum atomic E-state index is 12.3. The van der Waals surface area contributed by atoms with E-state index in [9.17, 15) is 19.2 Å². The number of nitrogens with two attached hydrogens (primary N) is 1. The van der Waals surface area contributed by atoms with Gasteiger partial charge in [0.2, 0.25) is 16.8 Å². The van der Waals surface area contributed by atoms with Crippen molar-refractivity contribution >= 4 is 11.7 Å². The summed E-state index contributed by atoms with van der Waals surface area (Å²) < 4.78 is 33.0. The molecule has 0 aliphatic rings. The highest BCUT2D eigenvalue weighted by Gasteiger charge is 2.19. The van der Waals surface area contributed by atoms with Crippen LogP contribution in [0.3, 0.4) is 0 Å². The number of ether oxygens (including phenoxy) is 6. The zero-order chi connectivity index (χ0) is 33.7. The first kappa shape index (κ1) is 42.0. The Kier molecular flexibility index (Phi) is 26.6. The fourth-order valence-corrected chi connectivity index (χ4v) is 4.67. The molecule has 0 aromatic heterocycles. The highest BCUT2D eigenvalue weighted by Crippen LogP contribution is 2.10. The van der Waals surface area contributed by atoms with Crippen LogP contribution in [0.25, 0.3) is 0 Å². The number of nitrogens with zero attached hydrogens (tertiary/aromatic N) is 1. The minimum atomic E-state index is -0.298. The molecule has 266 valence electrons. The van der Waals surface area contributed by atoms with Gasteiger partial charge in [0, 0.05) is 57.4 Å². The molecule has 12 nitrogen and oxygen atoms in total. The van der Waals surface area contributed by atoms with Crippen molar-refractivity contribution in [1.82, 2.24) is 4.90 Å². The standard InChI is InChI=1S/C34H60N2O10/c1-3-4-12-31-32(34(40)33(31)39)13-6-8-17-42-21-25-46-27-23-44-19-10-15-36(29(2)37)28-30(38)11-5-7-16-41-20-24-45-26-22-43-18-9-14-35/h3-28,35H2,1-2H3. The molecule has 0 radical (unpaired) electrons. The van der Waals surface area contributed by atoms with Gasteiger partial charge in [-0.05, 0) is 64.3 Å². The monoisotopic (exact) mass is 656 g/mol. The Bertz CT molecular complexity index is 980. The average Bonchev–Trinajstić information content (AvgIpc) is 3.05. The molecule has 46 heavy (non-hydrogen) atoms. The molecule has 0 atom stereocenters. The van der Waals surface area contributed by atoms with Gasteiger partial charge in [0.05, 0.1) is 59.4 Å². The Morgan fingerprint density at radius 3 is 1.50 bits per heavy atom. The van der Waals surface area contributed by atoms with E-state index in [4.69, 9.17) is 34.2 Å². The van der Waals surface area contributed by atoms with Crippen LogP contribution < -0.4 is 16.6 Å². The number of carbonyl (C=O) groups is 2. The molecule has 1 amide bonds. The van der Waals surface area contributed by atoms with Crippen LogP contribution in [0.4, 0.5) is 0 Å². The van der Waals surface area contributed by atoms with Gasteiger partial charge in [0.25, 0.3) is 0 Å². The molecule has 0 aliphatic carbocycles. The van der Waals surface area contributed by atoms with E-state index in [1.165, 1.54) is 6.92 Å². The van der Waals surface area contributed by atoms with Gasteiger partial charge >= 0.3 is 0 Å². The summed E-state index contributed by atoms with van der Waals surface area (Å²) in [5.41, 5.74) is 6.29. The van der Waals surface area contributed by atoms with Gasteiger partial charge in [-0.1, -0.05) is 13.3 Å². The van der Waals surface area contributed by atoms with E-state index < -0.39 is 0 Å². The van der Waals surface area contributed by atoms with Crippen LogP contribution in [0.5, 0.6) is 0 Å². The van der Waals surface area contributed by atoms with Crippen LogP contribution in [0.15, 0.2) is 9.59 Å². The summed E-state index contributed by atoms with van der Waals surface area (Å²) in [5, 5.41) is 0. The summed E-state index contributed by atoms with van der Waals surface area (Å²) in [5.74, 6) is -0.0752. The fourth-order valence-electron chi connectivity index (χ4n) is 4.67. The van der Waals surface area contributed by atoms with Gasteiger partial charge < -0.3 is 39.1 Å². The summed E-state index contributed by atoms with van der Waals surface area (Å²) in [7, 11) is 0. The molecule has 0 bridgehead atoms. The average molecular weight is 657 g/mol. The molecule has 0 fully saturated rings. The van der Waals surface area contributed by atoms with Crippen molar-refractivity contribution < 1.29 is 38.0 Å². The van der Waals surface area contributed by atoms with Crippen molar-refractivity contribution in [3.63, 3.8) is 0 Å². The third-order valence-electron chi connectivity index (χ3n) is 7.37. The van der Waals surface area contributed by atoms with E-state index in [0.717, 1.165) is 62.5 Å². The zero-order valence-corrected chi connectivity index (χ0v) is 28.5. The number of Topliss-reactive ketones (excluding diaryl/α,β-unsaturated/α-hetero) is 1. The van der Waals surface area contributed by atoms with E-state index in [2.05, 4.69) is 6.92 Å². The van der Waals surface area contributed by atoms with Crippen molar-refractivity contribution in [3.05, 3.63) is 31.6 Å². The molecule has 0 heterocycles. The second-order valence-electron chi connectivity index (χ2n) is 11.3. The Morgan fingerprint density at radius 2 is 1.02 bits per heavy atom. The first-order chi connectivity index (χ1) is 22.4. The fraction of sp³-hybridized carbons (Fsp3) is 0.824. The molecule has 1 aromatic rings. The summed E-state index contributed by atoms with van der Waals surface area (Å²) in [6.45, 7) is 11.0. The SMILES string of the molecule is CCCCc1c(CCCCOCCOCCOCCCN(CC(=O)CCCCOCCOCCOCCCN)C(C)=O)c(=O)c1=O. The van der Waals surface area contributed by atoms with Crippen molar-refractivity contribution in [2.75, 3.05) is 98.9 Å². The first-order valence-corrected chi connectivity index (χ1v) is 17.2. The van der Waals surface area contributed by atoms with Crippen LogP contribution in [0, 0.1) is 0 Å². The van der Waals surface area contributed by atoms with E-state index in [1.54, 1.807) is 4.90 Å². The maximum Gasteiger partial charge on any atom is 0.229 e. The smallest absolute Gasteiger partial charge is 0.229 e. The quantitative estimate of drug-likeness (QED) is 0.0860. The Balaban J connectivity index is 1.92. The van der Waals surface area contributed by atoms with Crippen molar-refractivity contribution in [2.24, 2.45) is 5.73 Å². The van der Waals surface area contributed by atoms with Gasteiger partial charge in [-0.2, -0.15) is 0 Å². The highest BCUT2D eigenvalue weighted by molar-refractivity contribution is 5.85.